The molecule has 1 aliphatic rings. The number of thiazole rings is 1. The zero-order valence-corrected chi connectivity index (χ0v) is 13.1. The smallest absolute Gasteiger partial charge is 0.185 e. The lowest BCUT2D eigenvalue weighted by atomic mass is 10.3. The standard InChI is InChI=1S/C12H21N3O2S2/c1-3-13-8-11-10(9-17-2)14-12(18-11)15-4-6-19(16)7-5-15/h13H,3-9H2,1-2H3. The van der Waals surface area contributed by atoms with E-state index in [2.05, 4.69) is 22.1 Å². The fraction of sp³-hybridized carbons (Fsp3) is 0.750. The molecule has 108 valence electrons. The summed E-state index contributed by atoms with van der Waals surface area (Å²) >= 11 is 1.72. The van der Waals surface area contributed by atoms with Gasteiger partial charge in [-0.2, -0.15) is 0 Å². The van der Waals surface area contributed by atoms with Gasteiger partial charge in [-0.25, -0.2) is 4.98 Å². The first-order chi connectivity index (χ1) is 9.24. The molecule has 19 heavy (non-hydrogen) atoms. The van der Waals surface area contributed by atoms with Gasteiger partial charge in [-0.1, -0.05) is 6.92 Å². The molecule has 2 rings (SSSR count). The Morgan fingerprint density at radius 1 is 1.47 bits per heavy atom. The quantitative estimate of drug-likeness (QED) is 0.848. The first-order valence-corrected chi connectivity index (χ1v) is 8.83. The highest BCUT2D eigenvalue weighted by Crippen LogP contribution is 2.27. The van der Waals surface area contributed by atoms with Crippen LogP contribution < -0.4 is 10.2 Å². The molecule has 1 aliphatic heterocycles. The molecule has 1 N–H and O–H groups in total. The van der Waals surface area contributed by atoms with Crippen molar-refractivity contribution in [2.75, 3.05) is 43.1 Å². The van der Waals surface area contributed by atoms with Crippen LogP contribution >= 0.6 is 11.3 Å². The number of hydrogen-bond donors (Lipinski definition) is 1. The maximum Gasteiger partial charge on any atom is 0.185 e. The third kappa shape index (κ3) is 3.98. The van der Waals surface area contributed by atoms with Crippen molar-refractivity contribution < 1.29 is 8.95 Å². The van der Waals surface area contributed by atoms with Gasteiger partial charge in [0.25, 0.3) is 0 Å². The lowest BCUT2D eigenvalue weighted by molar-refractivity contribution is 0.181. The van der Waals surface area contributed by atoms with Gasteiger partial charge < -0.3 is 15.0 Å². The van der Waals surface area contributed by atoms with Gasteiger partial charge in [-0.15, -0.1) is 11.3 Å². The van der Waals surface area contributed by atoms with Crippen molar-refractivity contribution in [3.05, 3.63) is 10.6 Å². The molecule has 0 radical (unpaired) electrons. The lowest BCUT2D eigenvalue weighted by Crippen LogP contribution is -2.37. The number of rotatable bonds is 6. The second kappa shape index (κ2) is 7.33. The van der Waals surface area contributed by atoms with E-state index in [1.807, 2.05) is 0 Å². The molecule has 5 nitrogen and oxygen atoms in total. The van der Waals surface area contributed by atoms with E-state index >= 15 is 0 Å². The molecule has 1 aromatic rings. The minimum Gasteiger partial charge on any atom is -0.378 e. The van der Waals surface area contributed by atoms with Crippen LogP contribution in [0, 0.1) is 0 Å². The van der Waals surface area contributed by atoms with Gasteiger partial charge in [0.1, 0.15) is 0 Å². The molecule has 0 aliphatic carbocycles. The van der Waals surface area contributed by atoms with Crippen LogP contribution in [0.15, 0.2) is 0 Å². The minimum atomic E-state index is -0.643. The maximum atomic E-state index is 11.4. The Hall–Kier alpha value is -0.500. The number of nitrogens with one attached hydrogen (secondary N) is 1. The highest BCUT2D eigenvalue weighted by Gasteiger charge is 2.20. The summed E-state index contributed by atoms with van der Waals surface area (Å²) in [6.07, 6.45) is 0. The van der Waals surface area contributed by atoms with Crippen LogP contribution in [0.2, 0.25) is 0 Å². The average Bonchev–Trinajstić information content (AvgIpc) is 2.81. The number of ether oxygens (including phenoxy) is 1. The lowest BCUT2D eigenvalue weighted by Gasteiger charge is -2.25. The highest BCUT2D eigenvalue weighted by molar-refractivity contribution is 7.85. The van der Waals surface area contributed by atoms with Crippen molar-refractivity contribution in [1.82, 2.24) is 10.3 Å². The Bertz CT molecular complexity index is 427. The van der Waals surface area contributed by atoms with Gasteiger partial charge in [0.15, 0.2) is 5.13 Å². The Morgan fingerprint density at radius 2 is 2.21 bits per heavy atom. The van der Waals surface area contributed by atoms with Crippen LogP contribution in [0.5, 0.6) is 0 Å². The predicted molar refractivity (Wildman–Crippen MR) is 80.3 cm³/mol. The Morgan fingerprint density at radius 3 is 2.84 bits per heavy atom. The molecule has 0 saturated carbocycles. The van der Waals surface area contributed by atoms with E-state index in [-0.39, 0.29) is 0 Å². The summed E-state index contributed by atoms with van der Waals surface area (Å²) in [5, 5.41) is 4.37. The fourth-order valence-corrected chi connectivity index (χ4v) is 4.10. The van der Waals surface area contributed by atoms with Gasteiger partial charge in [0, 0.05) is 53.9 Å². The summed E-state index contributed by atoms with van der Waals surface area (Å²) in [5.41, 5.74) is 1.02. The van der Waals surface area contributed by atoms with Crippen molar-refractivity contribution >= 4 is 27.3 Å². The minimum absolute atomic E-state index is 0.553. The first kappa shape index (κ1) is 14.9. The van der Waals surface area contributed by atoms with Crippen molar-refractivity contribution in [1.29, 1.82) is 0 Å². The van der Waals surface area contributed by atoms with Crippen LogP contribution in [-0.2, 0) is 28.7 Å². The van der Waals surface area contributed by atoms with Gasteiger partial charge in [-0.3, -0.25) is 4.21 Å². The van der Waals surface area contributed by atoms with Crippen molar-refractivity contribution in [2.24, 2.45) is 0 Å². The number of anilines is 1. The topological polar surface area (TPSA) is 54.5 Å². The molecule has 0 spiro atoms. The summed E-state index contributed by atoms with van der Waals surface area (Å²) in [4.78, 5) is 8.16. The van der Waals surface area contributed by atoms with E-state index in [4.69, 9.17) is 4.74 Å². The van der Waals surface area contributed by atoms with E-state index < -0.39 is 10.8 Å². The van der Waals surface area contributed by atoms with Crippen LogP contribution in [0.4, 0.5) is 5.13 Å². The average molecular weight is 303 g/mol. The summed E-state index contributed by atoms with van der Waals surface area (Å²) in [7, 11) is 1.05. The molecule has 0 aromatic carbocycles. The van der Waals surface area contributed by atoms with E-state index in [0.29, 0.717) is 6.61 Å². The molecule has 0 unspecified atom stereocenters. The maximum absolute atomic E-state index is 11.4. The zero-order valence-electron chi connectivity index (χ0n) is 11.5. The highest BCUT2D eigenvalue weighted by atomic mass is 32.2. The Kier molecular flexibility index (Phi) is 5.75. The zero-order chi connectivity index (χ0) is 13.7. The number of methoxy groups -OCH3 is 1. The van der Waals surface area contributed by atoms with Crippen LogP contribution in [-0.4, -0.2) is 47.4 Å². The molecule has 0 bridgehead atoms. The second-order valence-corrected chi connectivity index (χ2v) is 7.17. The van der Waals surface area contributed by atoms with Crippen LogP contribution in [0.25, 0.3) is 0 Å². The third-order valence-electron chi connectivity index (χ3n) is 3.03. The van der Waals surface area contributed by atoms with Gasteiger partial charge >= 0.3 is 0 Å². The molecule has 2 heterocycles. The van der Waals surface area contributed by atoms with Gasteiger partial charge in [-0.05, 0) is 6.54 Å². The van der Waals surface area contributed by atoms with Gasteiger partial charge in [0.2, 0.25) is 0 Å². The van der Waals surface area contributed by atoms with Crippen molar-refractivity contribution in [3.63, 3.8) is 0 Å². The van der Waals surface area contributed by atoms with E-state index in [9.17, 15) is 4.21 Å². The Labute approximate surface area is 120 Å². The second-order valence-electron chi connectivity index (χ2n) is 4.41. The first-order valence-electron chi connectivity index (χ1n) is 6.52. The summed E-state index contributed by atoms with van der Waals surface area (Å²) in [6, 6.07) is 0. The Balaban J connectivity index is 2.09. The normalized spacial score (nSPS) is 17.1. The number of hydrogen-bond acceptors (Lipinski definition) is 6. The van der Waals surface area contributed by atoms with Crippen LogP contribution in [0.1, 0.15) is 17.5 Å². The summed E-state index contributed by atoms with van der Waals surface area (Å²) < 4.78 is 16.6. The van der Waals surface area contributed by atoms with E-state index in [0.717, 1.165) is 48.5 Å². The van der Waals surface area contributed by atoms with E-state index in [1.54, 1.807) is 18.4 Å². The summed E-state index contributed by atoms with van der Waals surface area (Å²) in [6.45, 7) is 6.12. The predicted octanol–water partition coefficient (Wildman–Crippen LogP) is 0.968. The van der Waals surface area contributed by atoms with Crippen molar-refractivity contribution in [2.45, 2.75) is 20.1 Å². The monoisotopic (exact) mass is 303 g/mol. The molecule has 1 saturated heterocycles. The SMILES string of the molecule is CCNCc1sc(N2CCS(=O)CC2)nc1COC. The molecule has 1 aromatic heterocycles. The van der Waals surface area contributed by atoms with Gasteiger partial charge in [0.05, 0.1) is 12.3 Å². The number of nitrogens with zero attached hydrogens (tertiary/aromatic N) is 2. The molecule has 7 heteroatoms. The van der Waals surface area contributed by atoms with Crippen molar-refractivity contribution in [3.8, 4) is 0 Å². The molecule has 0 atom stereocenters. The van der Waals surface area contributed by atoms with E-state index in [1.165, 1.54) is 4.88 Å². The molecular weight excluding hydrogens is 282 g/mol. The molecular formula is C12H21N3O2S2. The number of aromatic nitrogens is 1. The third-order valence-corrected chi connectivity index (χ3v) is 5.47. The van der Waals surface area contributed by atoms with Crippen LogP contribution in [0.3, 0.4) is 0 Å². The fourth-order valence-electron chi connectivity index (χ4n) is 1.96. The largest absolute Gasteiger partial charge is 0.378 e. The molecule has 0 amide bonds. The summed E-state index contributed by atoms with van der Waals surface area (Å²) in [5.74, 6) is 1.50. The molecule has 1 fully saturated rings.